The van der Waals surface area contributed by atoms with Gasteiger partial charge in [0.05, 0.1) is 5.75 Å². The zero-order chi connectivity index (χ0) is 12.2. The molecule has 1 atom stereocenters. The molecule has 0 aromatic rings. The lowest BCUT2D eigenvalue weighted by molar-refractivity contribution is 0.374. The Labute approximate surface area is 99.2 Å². The summed E-state index contributed by atoms with van der Waals surface area (Å²) in [4.78, 5) is 0. The molecule has 2 N–H and O–H groups in total. The van der Waals surface area contributed by atoms with E-state index >= 15 is 0 Å². The summed E-state index contributed by atoms with van der Waals surface area (Å²) in [7, 11) is -3.12. The van der Waals surface area contributed by atoms with Crippen LogP contribution in [0.2, 0.25) is 0 Å². The Hall–Kier alpha value is -0.130. The Morgan fingerprint density at radius 3 is 2.56 bits per heavy atom. The van der Waals surface area contributed by atoms with Crippen LogP contribution in [0.1, 0.15) is 33.6 Å². The molecule has 0 radical (unpaired) electrons. The fourth-order valence-electron chi connectivity index (χ4n) is 1.96. The van der Waals surface area contributed by atoms with Crippen molar-refractivity contribution in [1.82, 2.24) is 10.0 Å². The van der Waals surface area contributed by atoms with Crippen LogP contribution in [0.25, 0.3) is 0 Å². The van der Waals surface area contributed by atoms with Crippen molar-refractivity contribution < 1.29 is 8.42 Å². The minimum atomic E-state index is -3.12. The van der Waals surface area contributed by atoms with Crippen molar-refractivity contribution in [2.24, 2.45) is 11.3 Å². The monoisotopic (exact) mass is 248 g/mol. The minimum absolute atomic E-state index is 0.184. The van der Waals surface area contributed by atoms with E-state index in [9.17, 15) is 8.42 Å². The first-order valence-electron chi connectivity index (χ1n) is 5.97. The van der Waals surface area contributed by atoms with Crippen molar-refractivity contribution in [3.63, 3.8) is 0 Å². The van der Waals surface area contributed by atoms with Crippen molar-refractivity contribution in [2.45, 2.75) is 33.6 Å². The summed E-state index contributed by atoms with van der Waals surface area (Å²) < 4.78 is 26.2. The molecular weight excluding hydrogens is 224 g/mol. The molecule has 96 valence electrons. The number of nitrogens with one attached hydrogen (secondary N) is 2. The Kier molecular flexibility index (Phi) is 4.76. The summed E-state index contributed by atoms with van der Waals surface area (Å²) in [6.07, 6.45) is 2.26. The average Bonchev–Trinajstić information content (AvgIpc) is 2.13. The van der Waals surface area contributed by atoms with E-state index in [0.29, 0.717) is 12.5 Å². The van der Waals surface area contributed by atoms with Gasteiger partial charge in [0.15, 0.2) is 0 Å². The molecule has 0 amide bonds. The molecule has 0 bridgehead atoms. The van der Waals surface area contributed by atoms with E-state index in [-0.39, 0.29) is 11.2 Å². The maximum Gasteiger partial charge on any atom is 0.212 e. The second-order valence-electron chi connectivity index (χ2n) is 5.88. The summed E-state index contributed by atoms with van der Waals surface area (Å²) in [5.74, 6) is 0.642. The highest BCUT2D eigenvalue weighted by molar-refractivity contribution is 7.89. The van der Waals surface area contributed by atoms with Crippen LogP contribution in [-0.4, -0.2) is 33.8 Å². The summed E-state index contributed by atoms with van der Waals surface area (Å²) in [6.45, 7) is 8.38. The van der Waals surface area contributed by atoms with E-state index in [1.165, 1.54) is 0 Å². The molecule has 0 aliphatic carbocycles. The molecule has 1 heterocycles. The van der Waals surface area contributed by atoms with Gasteiger partial charge in [-0.25, -0.2) is 13.1 Å². The van der Waals surface area contributed by atoms with E-state index in [0.717, 1.165) is 25.9 Å². The van der Waals surface area contributed by atoms with E-state index in [4.69, 9.17) is 0 Å². The lowest BCUT2D eigenvalue weighted by atomic mass is 10.0. The number of hydrogen-bond donors (Lipinski definition) is 2. The third kappa shape index (κ3) is 5.82. The van der Waals surface area contributed by atoms with Crippen LogP contribution in [-0.2, 0) is 10.0 Å². The molecule has 1 aliphatic heterocycles. The SMILES string of the molecule is CC(C)(C)CS(=O)(=O)NCC1CCCNC1. The Morgan fingerprint density at radius 2 is 2.06 bits per heavy atom. The molecule has 4 nitrogen and oxygen atoms in total. The smallest absolute Gasteiger partial charge is 0.212 e. The van der Waals surface area contributed by atoms with E-state index in [1.54, 1.807) is 0 Å². The molecule has 1 unspecified atom stereocenters. The van der Waals surface area contributed by atoms with Gasteiger partial charge in [0.2, 0.25) is 10.0 Å². The maximum atomic E-state index is 11.8. The lowest BCUT2D eigenvalue weighted by Gasteiger charge is -2.24. The molecule has 0 aromatic heterocycles. The average molecular weight is 248 g/mol. The molecular formula is C11H24N2O2S. The highest BCUT2D eigenvalue weighted by Gasteiger charge is 2.22. The van der Waals surface area contributed by atoms with Crippen LogP contribution in [0, 0.1) is 11.3 Å². The first-order chi connectivity index (χ1) is 7.29. The predicted octanol–water partition coefficient (Wildman–Crippen LogP) is 0.952. The van der Waals surface area contributed by atoms with Gasteiger partial charge in [-0.05, 0) is 37.3 Å². The van der Waals surface area contributed by atoms with Crippen molar-refractivity contribution >= 4 is 10.0 Å². The van der Waals surface area contributed by atoms with Gasteiger partial charge in [0, 0.05) is 6.54 Å². The van der Waals surface area contributed by atoms with Gasteiger partial charge in [0.25, 0.3) is 0 Å². The quantitative estimate of drug-likeness (QED) is 0.779. The molecule has 1 fully saturated rings. The summed E-state index contributed by atoms with van der Waals surface area (Å²) in [6, 6.07) is 0. The van der Waals surface area contributed by atoms with Gasteiger partial charge in [-0.3, -0.25) is 0 Å². The Bertz CT molecular complexity index is 300. The largest absolute Gasteiger partial charge is 0.316 e. The molecule has 1 saturated heterocycles. The minimum Gasteiger partial charge on any atom is -0.316 e. The second-order valence-corrected chi connectivity index (χ2v) is 7.69. The molecule has 0 aromatic carbocycles. The van der Waals surface area contributed by atoms with Gasteiger partial charge in [-0.15, -0.1) is 0 Å². The molecule has 16 heavy (non-hydrogen) atoms. The third-order valence-corrected chi connectivity index (χ3v) is 4.47. The zero-order valence-electron chi connectivity index (χ0n) is 10.5. The number of rotatable bonds is 4. The topological polar surface area (TPSA) is 58.2 Å². The number of piperidine rings is 1. The normalized spacial score (nSPS) is 23.3. The van der Waals surface area contributed by atoms with Crippen molar-refractivity contribution in [3.8, 4) is 0 Å². The molecule has 5 heteroatoms. The first kappa shape index (κ1) is 13.9. The van der Waals surface area contributed by atoms with Crippen molar-refractivity contribution in [3.05, 3.63) is 0 Å². The summed E-state index contributed by atoms with van der Waals surface area (Å²) >= 11 is 0. The third-order valence-electron chi connectivity index (χ3n) is 2.61. The van der Waals surface area contributed by atoms with Crippen molar-refractivity contribution in [1.29, 1.82) is 0 Å². The van der Waals surface area contributed by atoms with Crippen molar-refractivity contribution in [2.75, 3.05) is 25.4 Å². The van der Waals surface area contributed by atoms with Crippen LogP contribution >= 0.6 is 0 Å². The standard InChI is InChI=1S/C11H24N2O2S/c1-11(2,3)9-16(14,15)13-8-10-5-4-6-12-7-10/h10,12-13H,4-9H2,1-3H3. The fraction of sp³-hybridized carbons (Fsp3) is 1.00. The van der Waals surface area contributed by atoms with Crippen LogP contribution in [0.4, 0.5) is 0 Å². The van der Waals surface area contributed by atoms with E-state index < -0.39 is 10.0 Å². The summed E-state index contributed by atoms with van der Waals surface area (Å²) in [5, 5.41) is 3.28. The van der Waals surface area contributed by atoms with Crippen LogP contribution in [0.15, 0.2) is 0 Å². The van der Waals surface area contributed by atoms with Gasteiger partial charge in [-0.1, -0.05) is 20.8 Å². The number of sulfonamides is 1. The van der Waals surface area contributed by atoms with Gasteiger partial charge < -0.3 is 5.32 Å². The molecule has 0 saturated carbocycles. The first-order valence-corrected chi connectivity index (χ1v) is 7.62. The van der Waals surface area contributed by atoms with Crippen LogP contribution in [0.3, 0.4) is 0 Å². The van der Waals surface area contributed by atoms with Gasteiger partial charge in [-0.2, -0.15) is 0 Å². The molecule has 1 aliphatic rings. The van der Waals surface area contributed by atoms with Crippen LogP contribution < -0.4 is 10.0 Å². The van der Waals surface area contributed by atoms with E-state index in [2.05, 4.69) is 10.0 Å². The molecule has 0 spiro atoms. The summed E-state index contributed by atoms with van der Waals surface area (Å²) in [5.41, 5.74) is -0.184. The Balaban J connectivity index is 2.35. The van der Waals surface area contributed by atoms with Gasteiger partial charge in [0.1, 0.15) is 0 Å². The maximum absolute atomic E-state index is 11.8. The second kappa shape index (κ2) is 5.47. The zero-order valence-corrected chi connectivity index (χ0v) is 11.4. The van der Waals surface area contributed by atoms with Crippen LogP contribution in [0.5, 0.6) is 0 Å². The fourth-order valence-corrected chi connectivity index (χ4v) is 3.70. The molecule has 1 rings (SSSR count). The highest BCUT2D eigenvalue weighted by atomic mass is 32.2. The highest BCUT2D eigenvalue weighted by Crippen LogP contribution is 2.16. The number of hydrogen-bond acceptors (Lipinski definition) is 3. The van der Waals surface area contributed by atoms with Gasteiger partial charge >= 0.3 is 0 Å². The predicted molar refractivity (Wildman–Crippen MR) is 66.8 cm³/mol. The Morgan fingerprint density at radius 1 is 1.38 bits per heavy atom. The van der Waals surface area contributed by atoms with E-state index in [1.807, 2.05) is 20.8 Å². The lowest BCUT2D eigenvalue weighted by Crippen LogP contribution is -2.40.